The Morgan fingerprint density at radius 2 is 2.00 bits per heavy atom. The van der Waals surface area contributed by atoms with E-state index in [9.17, 15) is 8.42 Å². The van der Waals surface area contributed by atoms with Gasteiger partial charge in [-0.2, -0.15) is 0 Å². The van der Waals surface area contributed by atoms with Gasteiger partial charge in [-0.25, -0.2) is 8.42 Å². The Bertz CT molecular complexity index is 469. The van der Waals surface area contributed by atoms with Crippen molar-refractivity contribution in [3.8, 4) is 0 Å². The van der Waals surface area contributed by atoms with E-state index in [1.807, 2.05) is 13.8 Å². The average molecular weight is 306 g/mol. The predicted molar refractivity (Wildman–Crippen MR) is 70.1 cm³/mol. The predicted octanol–water partition coefficient (Wildman–Crippen LogP) is 2.85. The van der Waals surface area contributed by atoms with E-state index in [1.54, 1.807) is 18.2 Å². The summed E-state index contributed by atoms with van der Waals surface area (Å²) in [5.74, 6) is 0.516. The molecule has 0 atom stereocenters. The molecule has 1 rings (SSSR count). The number of rotatable bonds is 4. The zero-order valence-electron chi connectivity index (χ0n) is 9.40. The van der Waals surface area contributed by atoms with E-state index in [4.69, 9.17) is 5.73 Å². The fourth-order valence-corrected chi connectivity index (χ4v) is 3.38. The van der Waals surface area contributed by atoms with Crippen molar-refractivity contribution >= 4 is 31.5 Å². The molecule has 0 fully saturated rings. The van der Waals surface area contributed by atoms with Gasteiger partial charge in [0.2, 0.25) is 0 Å². The lowest BCUT2D eigenvalue weighted by atomic mass is 10.2. The van der Waals surface area contributed by atoms with Crippen LogP contribution < -0.4 is 5.73 Å². The molecule has 2 N–H and O–H groups in total. The molecule has 0 radical (unpaired) electrons. The summed E-state index contributed by atoms with van der Waals surface area (Å²) in [7, 11) is -3.25. The maximum absolute atomic E-state index is 12.0. The molecule has 16 heavy (non-hydrogen) atoms. The molecule has 0 aliphatic heterocycles. The van der Waals surface area contributed by atoms with Crippen molar-refractivity contribution in [1.82, 2.24) is 0 Å². The van der Waals surface area contributed by atoms with Gasteiger partial charge in [0.25, 0.3) is 0 Å². The molecular weight excluding hydrogens is 290 g/mol. The molecule has 0 bridgehead atoms. The van der Waals surface area contributed by atoms with Crippen LogP contribution in [-0.4, -0.2) is 14.2 Å². The zero-order valence-corrected chi connectivity index (χ0v) is 11.8. The third kappa shape index (κ3) is 3.49. The van der Waals surface area contributed by atoms with Gasteiger partial charge >= 0.3 is 0 Å². The van der Waals surface area contributed by atoms with Crippen molar-refractivity contribution in [2.24, 2.45) is 5.92 Å². The van der Waals surface area contributed by atoms with Gasteiger partial charge < -0.3 is 5.73 Å². The number of nitrogens with two attached hydrogens (primary N) is 1. The lowest BCUT2D eigenvalue weighted by Crippen LogP contribution is -2.11. The highest BCUT2D eigenvalue weighted by Crippen LogP contribution is 2.24. The van der Waals surface area contributed by atoms with Gasteiger partial charge in [0.15, 0.2) is 9.84 Å². The molecule has 0 spiro atoms. The summed E-state index contributed by atoms with van der Waals surface area (Å²) in [6, 6.07) is 4.86. The Kier molecular flexibility index (Phi) is 4.38. The first-order valence-electron chi connectivity index (χ1n) is 5.10. The van der Waals surface area contributed by atoms with Crippen LogP contribution in [0.4, 0.5) is 5.69 Å². The van der Waals surface area contributed by atoms with Crippen molar-refractivity contribution in [2.45, 2.75) is 25.2 Å². The average Bonchev–Trinajstić information content (AvgIpc) is 2.14. The number of sulfone groups is 1. The van der Waals surface area contributed by atoms with Gasteiger partial charge in [-0.05, 0) is 30.5 Å². The van der Waals surface area contributed by atoms with Crippen molar-refractivity contribution in [3.05, 3.63) is 22.7 Å². The van der Waals surface area contributed by atoms with Crippen LogP contribution in [0.3, 0.4) is 0 Å². The number of halogens is 1. The van der Waals surface area contributed by atoms with E-state index in [0.29, 0.717) is 18.0 Å². The van der Waals surface area contributed by atoms with Crippen LogP contribution in [0.1, 0.15) is 20.3 Å². The highest BCUT2D eigenvalue weighted by Gasteiger charge is 2.17. The van der Waals surface area contributed by atoms with E-state index >= 15 is 0 Å². The number of hydrogen-bond donors (Lipinski definition) is 1. The molecule has 1 aromatic rings. The minimum Gasteiger partial charge on any atom is -0.398 e. The van der Waals surface area contributed by atoms with E-state index in [1.165, 1.54) is 0 Å². The molecular formula is C11H16BrNO2S. The normalized spacial score (nSPS) is 12.0. The Balaban J connectivity index is 2.99. The summed E-state index contributed by atoms with van der Waals surface area (Å²) in [6.07, 6.45) is 0.651. The number of nitrogen functional groups attached to an aromatic ring is 1. The molecule has 0 aliphatic rings. The van der Waals surface area contributed by atoms with Crippen LogP contribution in [0.25, 0.3) is 0 Å². The smallest absolute Gasteiger partial charge is 0.180 e. The first-order valence-corrected chi connectivity index (χ1v) is 7.55. The highest BCUT2D eigenvalue weighted by atomic mass is 79.9. The molecule has 5 heteroatoms. The summed E-state index contributed by atoms with van der Waals surface area (Å²) in [5, 5.41) is 0. The molecule has 90 valence electrons. The monoisotopic (exact) mass is 305 g/mol. The third-order valence-corrected chi connectivity index (χ3v) is 4.58. The van der Waals surface area contributed by atoms with E-state index in [-0.39, 0.29) is 10.6 Å². The second kappa shape index (κ2) is 5.19. The molecule has 1 aromatic carbocycles. The van der Waals surface area contributed by atoms with E-state index in [0.717, 1.165) is 4.47 Å². The molecule has 3 nitrogen and oxygen atoms in total. The zero-order chi connectivity index (χ0) is 12.3. The Hall–Kier alpha value is -0.550. The number of benzene rings is 1. The Labute approximate surface area is 105 Å². The van der Waals surface area contributed by atoms with Crippen molar-refractivity contribution in [2.75, 3.05) is 11.5 Å². The molecule has 0 aliphatic carbocycles. The fraction of sp³-hybridized carbons (Fsp3) is 0.455. The van der Waals surface area contributed by atoms with Gasteiger partial charge in [0, 0.05) is 4.47 Å². The molecule has 0 aromatic heterocycles. The minimum absolute atomic E-state index is 0.149. The molecule has 0 amide bonds. The van der Waals surface area contributed by atoms with Crippen LogP contribution in [0, 0.1) is 5.92 Å². The topological polar surface area (TPSA) is 60.2 Å². The SMILES string of the molecule is CC(C)CCS(=O)(=O)c1ccc(Br)cc1N. The molecule has 0 heterocycles. The van der Waals surface area contributed by atoms with E-state index < -0.39 is 9.84 Å². The summed E-state index contributed by atoms with van der Waals surface area (Å²) in [5.41, 5.74) is 6.01. The summed E-state index contributed by atoms with van der Waals surface area (Å²) < 4.78 is 24.7. The quantitative estimate of drug-likeness (QED) is 0.870. The summed E-state index contributed by atoms with van der Waals surface area (Å²) in [6.45, 7) is 4.00. The highest BCUT2D eigenvalue weighted by molar-refractivity contribution is 9.10. The van der Waals surface area contributed by atoms with Crippen molar-refractivity contribution < 1.29 is 8.42 Å². The minimum atomic E-state index is -3.25. The number of anilines is 1. The maximum Gasteiger partial charge on any atom is 0.180 e. The fourth-order valence-electron chi connectivity index (χ4n) is 1.30. The van der Waals surface area contributed by atoms with Crippen LogP contribution in [-0.2, 0) is 9.84 Å². The lowest BCUT2D eigenvalue weighted by molar-refractivity contribution is 0.574. The Morgan fingerprint density at radius 1 is 1.38 bits per heavy atom. The third-order valence-electron chi connectivity index (χ3n) is 2.27. The Morgan fingerprint density at radius 3 is 2.50 bits per heavy atom. The van der Waals surface area contributed by atoms with Gasteiger partial charge in [-0.15, -0.1) is 0 Å². The number of hydrogen-bond acceptors (Lipinski definition) is 3. The second-order valence-corrected chi connectivity index (χ2v) is 7.18. The first-order chi connectivity index (χ1) is 7.33. The second-order valence-electron chi connectivity index (χ2n) is 4.18. The van der Waals surface area contributed by atoms with Gasteiger partial charge in [0.1, 0.15) is 0 Å². The maximum atomic E-state index is 12.0. The van der Waals surface area contributed by atoms with Crippen LogP contribution >= 0.6 is 15.9 Å². The standard InChI is InChI=1S/C11H16BrNO2S/c1-8(2)5-6-16(14,15)11-4-3-9(12)7-10(11)13/h3-4,7-8H,5-6,13H2,1-2H3. The van der Waals surface area contributed by atoms with Gasteiger partial charge in [0.05, 0.1) is 16.3 Å². The molecule has 0 saturated heterocycles. The van der Waals surface area contributed by atoms with Crippen molar-refractivity contribution in [3.63, 3.8) is 0 Å². The molecule has 0 unspecified atom stereocenters. The first kappa shape index (κ1) is 13.5. The van der Waals surface area contributed by atoms with Crippen LogP contribution in [0.5, 0.6) is 0 Å². The van der Waals surface area contributed by atoms with Gasteiger partial charge in [-0.1, -0.05) is 29.8 Å². The van der Waals surface area contributed by atoms with Crippen molar-refractivity contribution in [1.29, 1.82) is 0 Å². The largest absolute Gasteiger partial charge is 0.398 e. The van der Waals surface area contributed by atoms with Crippen LogP contribution in [0.2, 0.25) is 0 Å². The van der Waals surface area contributed by atoms with E-state index in [2.05, 4.69) is 15.9 Å². The summed E-state index contributed by atoms with van der Waals surface area (Å²) >= 11 is 3.25. The lowest BCUT2D eigenvalue weighted by Gasteiger charge is -2.09. The molecule has 0 saturated carbocycles. The van der Waals surface area contributed by atoms with Gasteiger partial charge in [-0.3, -0.25) is 0 Å². The summed E-state index contributed by atoms with van der Waals surface area (Å²) in [4.78, 5) is 0.233. The van der Waals surface area contributed by atoms with Crippen LogP contribution in [0.15, 0.2) is 27.6 Å².